The van der Waals surface area contributed by atoms with E-state index in [2.05, 4.69) is 0 Å². The fraction of sp³-hybridized carbons (Fsp3) is 0.208. The Hall–Kier alpha value is -3.43. The SMILES string of the molecule is Cc1cc(C(=O)CN(Cc2ccco2)S(=O)(=O)c2ccccc2F)c(C)n1Cc1ccco1. The van der Waals surface area contributed by atoms with E-state index in [-0.39, 0.29) is 6.54 Å². The zero-order valence-corrected chi connectivity index (χ0v) is 19.0. The monoisotopic (exact) mass is 470 g/mol. The number of furan rings is 2. The van der Waals surface area contributed by atoms with Gasteiger partial charge in [0, 0.05) is 17.0 Å². The predicted octanol–water partition coefficient (Wildman–Crippen LogP) is 4.55. The minimum absolute atomic E-state index is 0.208. The minimum Gasteiger partial charge on any atom is -0.468 e. The third-order valence-corrected chi connectivity index (χ3v) is 7.28. The largest absolute Gasteiger partial charge is 0.468 e. The van der Waals surface area contributed by atoms with E-state index in [1.807, 2.05) is 17.6 Å². The Labute approximate surface area is 191 Å². The molecular formula is C24H23FN2O5S. The topological polar surface area (TPSA) is 85.7 Å². The van der Waals surface area contributed by atoms with Crippen molar-refractivity contribution in [1.29, 1.82) is 0 Å². The predicted molar refractivity (Wildman–Crippen MR) is 119 cm³/mol. The summed E-state index contributed by atoms with van der Waals surface area (Å²) >= 11 is 0. The van der Waals surface area contributed by atoms with Gasteiger partial charge in [-0.2, -0.15) is 4.31 Å². The molecule has 0 aliphatic rings. The summed E-state index contributed by atoms with van der Waals surface area (Å²) in [6.45, 7) is 3.43. The molecular weight excluding hydrogens is 447 g/mol. The smallest absolute Gasteiger partial charge is 0.246 e. The lowest BCUT2D eigenvalue weighted by molar-refractivity contribution is 0.0962. The van der Waals surface area contributed by atoms with Crippen molar-refractivity contribution in [2.75, 3.05) is 6.54 Å². The Bertz CT molecular complexity index is 1360. The number of hydrogen-bond donors (Lipinski definition) is 0. The van der Waals surface area contributed by atoms with Gasteiger partial charge in [-0.25, -0.2) is 12.8 Å². The van der Waals surface area contributed by atoms with E-state index in [9.17, 15) is 17.6 Å². The van der Waals surface area contributed by atoms with Crippen molar-refractivity contribution < 1.29 is 26.4 Å². The highest BCUT2D eigenvalue weighted by atomic mass is 32.2. The maximum Gasteiger partial charge on any atom is 0.246 e. The molecule has 0 amide bonds. The molecule has 0 unspecified atom stereocenters. The molecule has 4 rings (SSSR count). The van der Waals surface area contributed by atoms with Gasteiger partial charge < -0.3 is 13.4 Å². The molecule has 0 spiro atoms. The zero-order chi connectivity index (χ0) is 23.6. The molecule has 3 heterocycles. The van der Waals surface area contributed by atoms with Crippen LogP contribution in [-0.2, 0) is 23.1 Å². The van der Waals surface area contributed by atoms with E-state index in [0.717, 1.165) is 21.8 Å². The molecule has 0 atom stereocenters. The highest BCUT2D eigenvalue weighted by molar-refractivity contribution is 7.89. The van der Waals surface area contributed by atoms with Crippen LogP contribution in [0.15, 0.2) is 80.9 Å². The van der Waals surface area contributed by atoms with Gasteiger partial charge in [0.15, 0.2) is 5.78 Å². The van der Waals surface area contributed by atoms with Crippen LogP contribution in [0.1, 0.15) is 33.3 Å². The summed E-state index contributed by atoms with van der Waals surface area (Å²) in [7, 11) is -4.31. The van der Waals surface area contributed by atoms with E-state index < -0.39 is 33.1 Å². The van der Waals surface area contributed by atoms with E-state index in [1.54, 1.807) is 37.5 Å². The molecule has 4 aromatic rings. The number of ketones is 1. The number of aryl methyl sites for hydroxylation is 1. The second kappa shape index (κ2) is 9.21. The van der Waals surface area contributed by atoms with Crippen LogP contribution in [0.5, 0.6) is 0 Å². The second-order valence-electron chi connectivity index (χ2n) is 7.66. The molecule has 9 heteroatoms. The van der Waals surface area contributed by atoms with Gasteiger partial charge >= 0.3 is 0 Å². The summed E-state index contributed by atoms with van der Waals surface area (Å²) in [5, 5.41) is 0. The Morgan fingerprint density at radius 1 is 1.00 bits per heavy atom. The van der Waals surface area contributed by atoms with Crippen molar-refractivity contribution in [3.8, 4) is 0 Å². The number of halogens is 1. The van der Waals surface area contributed by atoms with Gasteiger partial charge in [0.1, 0.15) is 22.2 Å². The summed E-state index contributed by atoms with van der Waals surface area (Å²) < 4.78 is 54.5. The molecule has 7 nitrogen and oxygen atoms in total. The number of Topliss-reactive ketones (excluding diaryl/α,β-unsaturated/α-hetero) is 1. The Kier molecular flexibility index (Phi) is 6.35. The van der Waals surface area contributed by atoms with Gasteiger partial charge in [-0.3, -0.25) is 4.79 Å². The average molecular weight is 471 g/mol. The highest BCUT2D eigenvalue weighted by Crippen LogP contribution is 2.24. The fourth-order valence-corrected chi connectivity index (χ4v) is 5.15. The summed E-state index contributed by atoms with van der Waals surface area (Å²) in [6.07, 6.45) is 2.99. The number of benzene rings is 1. The first-order valence-electron chi connectivity index (χ1n) is 10.3. The van der Waals surface area contributed by atoms with E-state index >= 15 is 0 Å². The average Bonchev–Trinajstić information content (AvgIpc) is 3.53. The first-order chi connectivity index (χ1) is 15.8. The van der Waals surface area contributed by atoms with Crippen LogP contribution in [0.25, 0.3) is 0 Å². The summed E-state index contributed by atoms with van der Waals surface area (Å²) in [5.41, 5.74) is 1.92. The van der Waals surface area contributed by atoms with Crippen LogP contribution in [0.4, 0.5) is 4.39 Å². The highest BCUT2D eigenvalue weighted by Gasteiger charge is 2.31. The summed E-state index contributed by atoms with van der Waals surface area (Å²) in [4.78, 5) is 12.8. The van der Waals surface area contributed by atoms with Crippen molar-refractivity contribution in [2.24, 2.45) is 0 Å². The lowest BCUT2D eigenvalue weighted by Gasteiger charge is -2.21. The number of carbonyl (C=O) groups excluding carboxylic acids is 1. The number of nitrogens with zero attached hydrogens (tertiary/aromatic N) is 2. The van der Waals surface area contributed by atoms with Crippen LogP contribution >= 0.6 is 0 Å². The van der Waals surface area contributed by atoms with Gasteiger partial charge in [-0.05, 0) is 56.3 Å². The normalized spacial score (nSPS) is 11.9. The molecule has 0 saturated heterocycles. The van der Waals surface area contributed by atoms with Gasteiger partial charge in [0.25, 0.3) is 0 Å². The molecule has 172 valence electrons. The third kappa shape index (κ3) is 4.69. The molecule has 0 N–H and O–H groups in total. The molecule has 0 bridgehead atoms. The van der Waals surface area contributed by atoms with Crippen LogP contribution in [0, 0.1) is 19.7 Å². The van der Waals surface area contributed by atoms with Gasteiger partial charge in [-0.15, -0.1) is 0 Å². The van der Waals surface area contributed by atoms with Crippen molar-refractivity contribution in [3.63, 3.8) is 0 Å². The fourth-order valence-electron chi connectivity index (χ4n) is 3.73. The molecule has 0 saturated carbocycles. The van der Waals surface area contributed by atoms with Gasteiger partial charge in [0.2, 0.25) is 10.0 Å². The lowest BCUT2D eigenvalue weighted by atomic mass is 10.1. The van der Waals surface area contributed by atoms with Crippen molar-refractivity contribution in [2.45, 2.75) is 31.8 Å². The number of rotatable bonds is 9. The molecule has 0 radical (unpaired) electrons. The first kappa shape index (κ1) is 22.8. The van der Waals surface area contributed by atoms with Crippen molar-refractivity contribution in [1.82, 2.24) is 8.87 Å². The summed E-state index contributed by atoms with van der Waals surface area (Å²) in [5.74, 6) is -0.213. The molecule has 33 heavy (non-hydrogen) atoms. The number of aromatic nitrogens is 1. The molecule has 3 aromatic heterocycles. The standard InChI is InChI=1S/C24H23FN2O5S/c1-17-13-21(18(2)27(17)15-20-8-6-12-32-20)23(28)16-26(14-19-7-5-11-31-19)33(29,30)24-10-4-3-9-22(24)25/h3-13H,14-16H2,1-2H3. The first-order valence-corrected chi connectivity index (χ1v) is 11.7. The second-order valence-corrected chi connectivity index (χ2v) is 9.56. The molecule has 1 aromatic carbocycles. The van der Waals surface area contributed by atoms with E-state index in [0.29, 0.717) is 23.6 Å². The maximum atomic E-state index is 14.4. The lowest BCUT2D eigenvalue weighted by Crippen LogP contribution is -2.35. The van der Waals surface area contributed by atoms with Crippen LogP contribution in [-0.4, -0.2) is 29.6 Å². The Balaban J connectivity index is 1.65. The molecule has 0 aliphatic carbocycles. The maximum absolute atomic E-state index is 14.4. The molecule has 0 aliphatic heterocycles. The van der Waals surface area contributed by atoms with Crippen LogP contribution in [0.2, 0.25) is 0 Å². The quantitative estimate of drug-likeness (QED) is 0.335. The van der Waals surface area contributed by atoms with Gasteiger partial charge in [0.05, 0.1) is 32.2 Å². The van der Waals surface area contributed by atoms with Crippen LogP contribution < -0.4 is 0 Å². The van der Waals surface area contributed by atoms with E-state index in [1.165, 1.54) is 24.5 Å². The van der Waals surface area contributed by atoms with Gasteiger partial charge in [-0.1, -0.05) is 12.1 Å². The van der Waals surface area contributed by atoms with Crippen molar-refractivity contribution in [3.05, 3.63) is 101 Å². The molecule has 0 fully saturated rings. The van der Waals surface area contributed by atoms with Crippen molar-refractivity contribution >= 4 is 15.8 Å². The number of sulfonamides is 1. The Morgan fingerprint density at radius 2 is 1.67 bits per heavy atom. The number of hydrogen-bond acceptors (Lipinski definition) is 5. The van der Waals surface area contributed by atoms with E-state index in [4.69, 9.17) is 8.83 Å². The minimum atomic E-state index is -4.31. The third-order valence-electron chi connectivity index (χ3n) is 5.45. The zero-order valence-electron chi connectivity index (χ0n) is 18.2. The number of carbonyl (C=O) groups is 1. The summed E-state index contributed by atoms with van der Waals surface area (Å²) in [6, 6.07) is 13.7. The van der Waals surface area contributed by atoms with Crippen LogP contribution in [0.3, 0.4) is 0 Å². The Morgan fingerprint density at radius 3 is 2.30 bits per heavy atom.